The van der Waals surface area contributed by atoms with Gasteiger partial charge in [0.2, 0.25) is 0 Å². The number of carbonyl (C=O) groups excluding carboxylic acids is 2. The fourth-order valence-electron chi connectivity index (χ4n) is 2.92. The van der Waals surface area contributed by atoms with E-state index >= 15 is 0 Å². The van der Waals surface area contributed by atoms with Gasteiger partial charge in [-0.3, -0.25) is 9.59 Å². The second-order valence-electron chi connectivity index (χ2n) is 6.00. The van der Waals surface area contributed by atoms with Gasteiger partial charge in [-0.15, -0.1) is 0 Å². The lowest BCUT2D eigenvalue weighted by atomic mass is 10.0. The van der Waals surface area contributed by atoms with Crippen LogP contribution < -0.4 is 14.8 Å². The molecule has 0 aliphatic heterocycles. The van der Waals surface area contributed by atoms with E-state index in [2.05, 4.69) is 5.32 Å². The Morgan fingerprint density at radius 1 is 1.08 bits per heavy atom. The van der Waals surface area contributed by atoms with Crippen molar-refractivity contribution in [3.63, 3.8) is 0 Å². The Morgan fingerprint density at radius 2 is 1.71 bits per heavy atom. The first-order valence-corrected chi connectivity index (χ1v) is 8.29. The minimum Gasteiger partial charge on any atom is -0.497 e. The number of benzene rings is 1. The summed E-state index contributed by atoms with van der Waals surface area (Å²) in [6.45, 7) is -0.289. The highest BCUT2D eigenvalue weighted by Crippen LogP contribution is 2.28. The normalized spacial score (nSPS) is 14.2. The number of rotatable bonds is 8. The van der Waals surface area contributed by atoms with Crippen molar-refractivity contribution in [2.75, 3.05) is 26.1 Å². The van der Waals surface area contributed by atoms with E-state index in [1.807, 2.05) is 0 Å². The first kappa shape index (κ1) is 18.1. The molecule has 1 saturated carbocycles. The number of esters is 1. The maximum atomic E-state index is 11.9. The van der Waals surface area contributed by atoms with Gasteiger partial charge in [0.15, 0.2) is 6.61 Å². The number of methoxy groups -OCH3 is 2. The SMILES string of the molecule is COc1cc(NC(=O)COC(=O)CCC2CCCC2)cc(OC)c1. The van der Waals surface area contributed by atoms with Crippen LogP contribution in [0.1, 0.15) is 38.5 Å². The van der Waals surface area contributed by atoms with Crippen molar-refractivity contribution >= 4 is 17.6 Å². The van der Waals surface area contributed by atoms with Gasteiger partial charge >= 0.3 is 5.97 Å². The van der Waals surface area contributed by atoms with Crippen LogP contribution in [0.3, 0.4) is 0 Å². The molecule has 1 fully saturated rings. The van der Waals surface area contributed by atoms with E-state index in [-0.39, 0.29) is 18.5 Å². The Morgan fingerprint density at radius 3 is 2.29 bits per heavy atom. The molecule has 0 heterocycles. The van der Waals surface area contributed by atoms with Crippen LogP contribution in [0, 0.1) is 5.92 Å². The summed E-state index contributed by atoms with van der Waals surface area (Å²) in [4.78, 5) is 23.6. The molecule has 132 valence electrons. The molecule has 24 heavy (non-hydrogen) atoms. The largest absolute Gasteiger partial charge is 0.497 e. The highest BCUT2D eigenvalue weighted by atomic mass is 16.5. The van der Waals surface area contributed by atoms with E-state index in [9.17, 15) is 9.59 Å². The molecule has 0 unspecified atom stereocenters. The first-order valence-electron chi connectivity index (χ1n) is 8.29. The molecular formula is C18H25NO5. The molecule has 1 amide bonds. The molecule has 1 aromatic carbocycles. The Kier molecular flexibility index (Phi) is 6.90. The van der Waals surface area contributed by atoms with Crippen LogP contribution in [0.2, 0.25) is 0 Å². The number of amides is 1. The predicted octanol–water partition coefficient (Wildman–Crippen LogP) is 3.16. The highest BCUT2D eigenvalue weighted by molar-refractivity contribution is 5.93. The standard InChI is InChI=1S/C18H25NO5/c1-22-15-9-14(10-16(11-15)23-2)19-17(20)12-24-18(21)8-7-13-5-3-4-6-13/h9-11,13H,3-8,12H2,1-2H3,(H,19,20). The molecular weight excluding hydrogens is 310 g/mol. The molecule has 1 aliphatic rings. The van der Waals surface area contributed by atoms with Crippen LogP contribution in [0.4, 0.5) is 5.69 Å². The molecule has 1 aromatic rings. The minimum atomic E-state index is -0.389. The van der Waals surface area contributed by atoms with Crippen molar-refractivity contribution in [3.8, 4) is 11.5 Å². The molecule has 0 spiro atoms. The predicted molar refractivity (Wildman–Crippen MR) is 90.3 cm³/mol. The fourth-order valence-corrected chi connectivity index (χ4v) is 2.92. The van der Waals surface area contributed by atoms with Crippen LogP contribution in [0.15, 0.2) is 18.2 Å². The van der Waals surface area contributed by atoms with Crippen LogP contribution in [0.5, 0.6) is 11.5 Å². The molecule has 0 aromatic heterocycles. The van der Waals surface area contributed by atoms with Crippen molar-refractivity contribution in [2.45, 2.75) is 38.5 Å². The van der Waals surface area contributed by atoms with Crippen molar-refractivity contribution in [2.24, 2.45) is 5.92 Å². The zero-order chi connectivity index (χ0) is 17.4. The fraction of sp³-hybridized carbons (Fsp3) is 0.556. The molecule has 6 heteroatoms. The summed E-state index contributed by atoms with van der Waals surface area (Å²) in [6, 6.07) is 5.05. The number of hydrogen-bond acceptors (Lipinski definition) is 5. The van der Waals surface area contributed by atoms with Gasteiger partial charge < -0.3 is 19.5 Å². The quantitative estimate of drug-likeness (QED) is 0.739. The zero-order valence-electron chi connectivity index (χ0n) is 14.3. The van der Waals surface area contributed by atoms with Gasteiger partial charge in [-0.25, -0.2) is 0 Å². The van der Waals surface area contributed by atoms with E-state index in [1.54, 1.807) is 18.2 Å². The van der Waals surface area contributed by atoms with Gasteiger partial charge in [-0.2, -0.15) is 0 Å². The second-order valence-corrected chi connectivity index (χ2v) is 6.00. The third-order valence-corrected chi connectivity index (χ3v) is 4.23. The molecule has 0 saturated heterocycles. The Hall–Kier alpha value is -2.24. The first-order chi connectivity index (χ1) is 11.6. The molecule has 0 radical (unpaired) electrons. The summed E-state index contributed by atoms with van der Waals surface area (Å²) in [5.41, 5.74) is 0.526. The van der Waals surface area contributed by atoms with Crippen LogP contribution in [-0.4, -0.2) is 32.7 Å². The molecule has 1 aliphatic carbocycles. The maximum Gasteiger partial charge on any atom is 0.306 e. The number of anilines is 1. The van der Waals surface area contributed by atoms with E-state index in [4.69, 9.17) is 14.2 Å². The molecule has 6 nitrogen and oxygen atoms in total. The van der Waals surface area contributed by atoms with E-state index < -0.39 is 0 Å². The molecule has 2 rings (SSSR count). The van der Waals surface area contributed by atoms with Gasteiger partial charge in [-0.05, 0) is 12.3 Å². The Labute approximate surface area is 142 Å². The average Bonchev–Trinajstić information content (AvgIpc) is 3.11. The smallest absolute Gasteiger partial charge is 0.306 e. The van der Waals surface area contributed by atoms with Gasteiger partial charge in [0.05, 0.1) is 14.2 Å². The lowest BCUT2D eigenvalue weighted by Gasteiger charge is -2.11. The van der Waals surface area contributed by atoms with Crippen molar-refractivity contribution in [3.05, 3.63) is 18.2 Å². The third-order valence-electron chi connectivity index (χ3n) is 4.23. The van der Waals surface area contributed by atoms with Crippen LogP contribution in [-0.2, 0) is 14.3 Å². The summed E-state index contributed by atoms with van der Waals surface area (Å²) >= 11 is 0. The lowest BCUT2D eigenvalue weighted by molar-refractivity contribution is -0.147. The zero-order valence-corrected chi connectivity index (χ0v) is 14.3. The third kappa shape index (κ3) is 5.76. The molecule has 0 atom stereocenters. The molecule has 0 bridgehead atoms. The lowest BCUT2D eigenvalue weighted by Crippen LogP contribution is -2.21. The number of nitrogens with one attached hydrogen (secondary N) is 1. The second kappa shape index (κ2) is 9.15. The van der Waals surface area contributed by atoms with Gasteiger partial charge in [0.25, 0.3) is 5.91 Å². The van der Waals surface area contributed by atoms with E-state index in [1.165, 1.54) is 39.9 Å². The maximum absolute atomic E-state index is 11.9. The van der Waals surface area contributed by atoms with E-state index in [0.717, 1.165) is 6.42 Å². The van der Waals surface area contributed by atoms with Gasteiger partial charge in [0.1, 0.15) is 11.5 Å². The molecule has 1 N–H and O–H groups in total. The minimum absolute atomic E-state index is 0.289. The summed E-state index contributed by atoms with van der Waals surface area (Å²) in [7, 11) is 3.07. The Bertz CT molecular complexity index is 544. The number of carbonyl (C=O) groups is 2. The topological polar surface area (TPSA) is 73.9 Å². The van der Waals surface area contributed by atoms with Crippen molar-refractivity contribution in [1.29, 1.82) is 0 Å². The van der Waals surface area contributed by atoms with Crippen molar-refractivity contribution < 1.29 is 23.8 Å². The summed E-state index contributed by atoms with van der Waals surface area (Å²) < 4.78 is 15.3. The van der Waals surface area contributed by atoms with Crippen LogP contribution in [0.25, 0.3) is 0 Å². The highest BCUT2D eigenvalue weighted by Gasteiger charge is 2.17. The summed E-state index contributed by atoms with van der Waals surface area (Å²) in [5.74, 6) is 1.06. The van der Waals surface area contributed by atoms with Crippen molar-refractivity contribution in [1.82, 2.24) is 0 Å². The van der Waals surface area contributed by atoms with Gasteiger partial charge in [-0.1, -0.05) is 25.7 Å². The number of ether oxygens (including phenoxy) is 3. The Balaban J connectivity index is 1.75. The summed E-state index contributed by atoms with van der Waals surface area (Å²) in [6.07, 6.45) is 6.15. The monoisotopic (exact) mass is 335 g/mol. The summed E-state index contributed by atoms with van der Waals surface area (Å²) in [5, 5.41) is 2.67. The van der Waals surface area contributed by atoms with Gasteiger partial charge in [0, 0.05) is 30.3 Å². The van der Waals surface area contributed by atoms with E-state index in [0.29, 0.717) is 29.5 Å². The number of hydrogen-bond donors (Lipinski definition) is 1. The van der Waals surface area contributed by atoms with Crippen LogP contribution >= 0.6 is 0 Å². The average molecular weight is 335 g/mol.